The molecule has 0 saturated carbocycles. The van der Waals surface area contributed by atoms with Crippen molar-refractivity contribution in [2.24, 2.45) is 0 Å². The smallest absolute Gasteiger partial charge is 0.306 e. The lowest BCUT2D eigenvalue weighted by Gasteiger charge is -2.18. The fourth-order valence-corrected chi connectivity index (χ4v) is 9.59. The summed E-state index contributed by atoms with van der Waals surface area (Å²) >= 11 is 0. The average Bonchev–Trinajstić information content (AvgIpc) is 3.43. The third kappa shape index (κ3) is 63.6. The molecule has 6 heteroatoms. The van der Waals surface area contributed by atoms with Gasteiger partial charge in [0.1, 0.15) is 13.2 Å². The van der Waals surface area contributed by atoms with Crippen LogP contribution in [0.4, 0.5) is 0 Å². The molecule has 1 unspecified atom stereocenters. The van der Waals surface area contributed by atoms with Crippen molar-refractivity contribution in [1.29, 1.82) is 0 Å². The Kier molecular flexibility index (Phi) is 62.7. The summed E-state index contributed by atoms with van der Waals surface area (Å²) in [6.45, 7) is 6.61. The van der Waals surface area contributed by atoms with Gasteiger partial charge in [-0.1, -0.05) is 280 Å². The summed E-state index contributed by atoms with van der Waals surface area (Å²) in [5.74, 6) is -0.883. The van der Waals surface area contributed by atoms with E-state index in [1.165, 1.54) is 212 Å². The van der Waals surface area contributed by atoms with Crippen LogP contribution in [0.5, 0.6) is 0 Å². The summed E-state index contributed by atoms with van der Waals surface area (Å²) in [4.78, 5) is 38.3. The number of rotatable bonds is 61. The predicted molar refractivity (Wildman–Crippen MR) is 335 cm³/mol. The summed E-state index contributed by atoms with van der Waals surface area (Å²) in [7, 11) is 0. The molecule has 0 N–H and O–H groups in total. The molecule has 1 atom stereocenters. The number of esters is 3. The van der Waals surface area contributed by atoms with Gasteiger partial charge in [0.15, 0.2) is 6.10 Å². The minimum absolute atomic E-state index is 0.0795. The van der Waals surface area contributed by atoms with Gasteiger partial charge < -0.3 is 14.2 Å². The van der Waals surface area contributed by atoms with E-state index in [9.17, 15) is 14.4 Å². The Hall–Kier alpha value is -3.15. The van der Waals surface area contributed by atoms with E-state index in [1.54, 1.807) is 0 Å². The summed E-state index contributed by atoms with van der Waals surface area (Å²) in [6.07, 6.45) is 84.9. The predicted octanol–water partition coefficient (Wildman–Crippen LogP) is 22.9. The van der Waals surface area contributed by atoms with Gasteiger partial charge in [0.2, 0.25) is 0 Å². The van der Waals surface area contributed by atoms with Crippen LogP contribution in [0.15, 0.2) is 72.9 Å². The van der Waals surface area contributed by atoms with Gasteiger partial charge in [-0.15, -0.1) is 0 Å². The third-order valence-corrected chi connectivity index (χ3v) is 14.7. The third-order valence-electron chi connectivity index (χ3n) is 14.7. The molecule has 0 aliphatic rings. The van der Waals surface area contributed by atoms with Crippen LogP contribution < -0.4 is 0 Å². The van der Waals surface area contributed by atoms with Crippen molar-refractivity contribution in [3.05, 3.63) is 72.9 Å². The van der Waals surface area contributed by atoms with Crippen LogP contribution in [0.1, 0.15) is 342 Å². The molecule has 6 nitrogen and oxygen atoms in total. The molecule has 0 saturated heterocycles. The van der Waals surface area contributed by atoms with Gasteiger partial charge in [-0.3, -0.25) is 14.4 Å². The van der Waals surface area contributed by atoms with E-state index in [0.717, 1.165) is 89.9 Å². The molecule has 0 aromatic rings. The molecule has 0 aromatic carbocycles. The van der Waals surface area contributed by atoms with Crippen LogP contribution >= 0.6 is 0 Å². The molecule has 0 radical (unpaired) electrons. The van der Waals surface area contributed by atoms with Gasteiger partial charge in [0.25, 0.3) is 0 Å². The molecular weight excluding hydrogens is 949 g/mol. The Balaban J connectivity index is 4.23. The zero-order chi connectivity index (χ0) is 55.7. The molecule has 0 amide bonds. The molecular formula is C71H126O6. The minimum atomic E-state index is -0.783. The van der Waals surface area contributed by atoms with E-state index in [2.05, 4.69) is 93.7 Å². The van der Waals surface area contributed by atoms with E-state index in [0.29, 0.717) is 19.3 Å². The van der Waals surface area contributed by atoms with Crippen LogP contribution in [0, 0.1) is 0 Å². The van der Waals surface area contributed by atoms with Gasteiger partial charge in [-0.05, 0) is 116 Å². The second-order valence-corrected chi connectivity index (χ2v) is 22.4. The highest BCUT2D eigenvalue weighted by Crippen LogP contribution is 2.17. The van der Waals surface area contributed by atoms with E-state index in [-0.39, 0.29) is 31.1 Å². The largest absolute Gasteiger partial charge is 0.462 e. The molecule has 446 valence electrons. The van der Waals surface area contributed by atoms with Crippen LogP contribution in [0.25, 0.3) is 0 Å². The fourth-order valence-electron chi connectivity index (χ4n) is 9.59. The minimum Gasteiger partial charge on any atom is -0.462 e. The van der Waals surface area contributed by atoms with E-state index < -0.39 is 6.10 Å². The lowest BCUT2D eigenvalue weighted by atomic mass is 10.0. The summed E-state index contributed by atoms with van der Waals surface area (Å²) in [5.41, 5.74) is 0. The first-order valence-corrected chi connectivity index (χ1v) is 33.4. The van der Waals surface area contributed by atoms with E-state index >= 15 is 0 Å². The van der Waals surface area contributed by atoms with Crippen LogP contribution in [-0.4, -0.2) is 37.2 Å². The number of carbonyl (C=O) groups is 3. The van der Waals surface area contributed by atoms with Crippen molar-refractivity contribution in [1.82, 2.24) is 0 Å². The van der Waals surface area contributed by atoms with Gasteiger partial charge in [-0.2, -0.15) is 0 Å². The van der Waals surface area contributed by atoms with Crippen molar-refractivity contribution in [3.63, 3.8) is 0 Å². The lowest BCUT2D eigenvalue weighted by Crippen LogP contribution is -2.30. The molecule has 0 bridgehead atoms. The van der Waals surface area contributed by atoms with Crippen LogP contribution in [0.2, 0.25) is 0 Å². The second kappa shape index (κ2) is 65.4. The summed E-state index contributed by atoms with van der Waals surface area (Å²) in [6, 6.07) is 0. The molecule has 77 heavy (non-hydrogen) atoms. The Bertz CT molecular complexity index is 1420. The number of unbranched alkanes of at least 4 members (excludes halogenated alkanes) is 38. The maximum Gasteiger partial charge on any atom is 0.306 e. The number of ether oxygens (including phenoxy) is 3. The van der Waals surface area contributed by atoms with Crippen LogP contribution in [0.3, 0.4) is 0 Å². The highest BCUT2D eigenvalue weighted by molar-refractivity contribution is 5.71. The van der Waals surface area contributed by atoms with Gasteiger partial charge in [0, 0.05) is 19.3 Å². The maximum absolute atomic E-state index is 12.9. The second-order valence-electron chi connectivity index (χ2n) is 22.4. The normalized spacial score (nSPS) is 12.5. The van der Waals surface area contributed by atoms with Crippen molar-refractivity contribution in [2.45, 2.75) is 348 Å². The van der Waals surface area contributed by atoms with Crippen molar-refractivity contribution < 1.29 is 28.6 Å². The quantitative estimate of drug-likeness (QED) is 0.0261. The first-order chi connectivity index (χ1) is 38.0. The summed E-state index contributed by atoms with van der Waals surface area (Å²) in [5, 5.41) is 0. The first-order valence-electron chi connectivity index (χ1n) is 33.4. The van der Waals surface area contributed by atoms with Crippen LogP contribution in [-0.2, 0) is 28.6 Å². The van der Waals surface area contributed by atoms with Crippen molar-refractivity contribution in [2.75, 3.05) is 13.2 Å². The number of allylic oxidation sites excluding steroid dienone is 12. The molecule has 0 rings (SSSR count). The highest BCUT2D eigenvalue weighted by Gasteiger charge is 2.19. The standard InChI is InChI=1S/C71H126O6/c1-4-7-10-13-16-19-22-25-27-29-31-32-33-34-35-36-37-38-39-40-41-43-44-46-49-52-55-58-61-64-70(73)76-67-68(66-75-69(72)63-60-57-54-51-48-24-21-18-15-12-9-6-3)77-71(74)65-62-59-56-53-50-47-45-42-30-28-26-23-20-17-14-11-8-5-2/h18,20-23,25,28-31,33-34,68H,4-17,19,24,26-27,32,35-67H2,1-3H3/b21-18-,23-20-,25-22-,30-28-,31-29-,34-33-. The zero-order valence-electron chi connectivity index (χ0n) is 51.2. The monoisotopic (exact) mass is 1070 g/mol. The Morgan fingerprint density at radius 2 is 0.468 bits per heavy atom. The van der Waals surface area contributed by atoms with Gasteiger partial charge in [-0.25, -0.2) is 0 Å². The molecule has 0 aromatic heterocycles. The molecule has 0 aliphatic heterocycles. The first kappa shape index (κ1) is 73.8. The van der Waals surface area contributed by atoms with Gasteiger partial charge in [0.05, 0.1) is 0 Å². The Morgan fingerprint density at radius 1 is 0.260 bits per heavy atom. The van der Waals surface area contributed by atoms with E-state index in [4.69, 9.17) is 14.2 Å². The SMILES string of the molecule is CCCCC/C=C\CCCCCCCC(=O)OCC(COC(=O)CCCCCCCCCCCCCCCC/C=C\C/C=C\C/C=C\CCCCCCC)OC(=O)CCCCCCCCC/C=C\C/C=C\CCCCCC. The van der Waals surface area contributed by atoms with Crippen molar-refractivity contribution in [3.8, 4) is 0 Å². The van der Waals surface area contributed by atoms with Crippen molar-refractivity contribution >= 4 is 17.9 Å². The van der Waals surface area contributed by atoms with E-state index in [1.807, 2.05) is 0 Å². The molecule has 0 spiro atoms. The summed E-state index contributed by atoms with van der Waals surface area (Å²) < 4.78 is 16.9. The lowest BCUT2D eigenvalue weighted by molar-refractivity contribution is -0.167. The highest BCUT2D eigenvalue weighted by atomic mass is 16.6. The Labute approximate surface area is 478 Å². The topological polar surface area (TPSA) is 78.9 Å². The fraction of sp³-hybridized carbons (Fsp3) is 0.789. The number of carbonyl (C=O) groups excluding carboxylic acids is 3. The average molecular weight is 1080 g/mol. The maximum atomic E-state index is 12.9. The molecule has 0 aliphatic carbocycles. The molecule has 0 heterocycles. The number of hydrogen-bond acceptors (Lipinski definition) is 6. The number of hydrogen-bond donors (Lipinski definition) is 0. The van der Waals surface area contributed by atoms with Gasteiger partial charge >= 0.3 is 17.9 Å². The zero-order valence-corrected chi connectivity index (χ0v) is 51.2. The molecule has 0 fully saturated rings. The Morgan fingerprint density at radius 3 is 0.779 bits per heavy atom.